The lowest BCUT2D eigenvalue weighted by molar-refractivity contribution is -0.00173. The van der Waals surface area contributed by atoms with Gasteiger partial charge in [0, 0.05) is 5.69 Å². The molecule has 1 aliphatic heterocycles. The van der Waals surface area contributed by atoms with Crippen molar-refractivity contribution in [3.05, 3.63) is 70.8 Å². The molecule has 0 bridgehead atoms. The van der Waals surface area contributed by atoms with E-state index in [0.717, 1.165) is 11.3 Å². The van der Waals surface area contributed by atoms with E-state index < -0.39 is 5.91 Å². The van der Waals surface area contributed by atoms with Crippen LogP contribution in [0.1, 0.15) is 33.4 Å². The summed E-state index contributed by atoms with van der Waals surface area (Å²) in [6.07, 6.45) is -0.185. The zero-order valence-corrected chi connectivity index (χ0v) is 15.5. The van der Waals surface area contributed by atoms with E-state index in [4.69, 9.17) is 9.47 Å². The second kappa shape index (κ2) is 7.40. The Bertz CT molecular complexity index is 1020. The maximum Gasteiger partial charge on any atom is 0.278 e. The summed E-state index contributed by atoms with van der Waals surface area (Å²) in [7, 11) is 1.62. The van der Waals surface area contributed by atoms with Gasteiger partial charge in [0.25, 0.3) is 5.91 Å². The van der Waals surface area contributed by atoms with Crippen LogP contribution in [0.2, 0.25) is 0 Å². The predicted molar refractivity (Wildman–Crippen MR) is 99.6 cm³/mol. The van der Waals surface area contributed by atoms with Crippen LogP contribution in [0.4, 0.5) is 10.1 Å². The number of aryl methyl sites for hydroxylation is 1. The molecule has 0 radical (unpaired) electrons. The Balaban J connectivity index is 1.50. The first-order valence-corrected chi connectivity index (χ1v) is 8.80. The largest absolute Gasteiger partial charge is 0.497 e. The van der Waals surface area contributed by atoms with Gasteiger partial charge in [-0.05, 0) is 48.4 Å². The van der Waals surface area contributed by atoms with Gasteiger partial charge in [0.05, 0.1) is 26.0 Å². The number of halogens is 1. The van der Waals surface area contributed by atoms with Gasteiger partial charge in [-0.25, -0.2) is 9.07 Å². The van der Waals surface area contributed by atoms with Crippen molar-refractivity contribution >= 4 is 11.6 Å². The summed E-state index contributed by atoms with van der Waals surface area (Å²) < 4.78 is 26.0. The molecule has 144 valence electrons. The normalized spacial score (nSPS) is 15.8. The quantitative estimate of drug-likeness (QED) is 0.749. The molecule has 4 rings (SSSR count). The number of nitrogens with zero attached hydrogens (tertiary/aromatic N) is 3. The summed E-state index contributed by atoms with van der Waals surface area (Å²) >= 11 is 0. The fourth-order valence-corrected chi connectivity index (χ4v) is 3.16. The second-order valence-electron chi connectivity index (χ2n) is 6.55. The number of rotatable bonds is 4. The summed E-state index contributed by atoms with van der Waals surface area (Å²) in [5, 5.41) is 10.9. The minimum atomic E-state index is -0.401. The molecule has 1 amide bonds. The van der Waals surface area contributed by atoms with Crippen molar-refractivity contribution in [2.75, 3.05) is 12.4 Å². The molecule has 1 N–H and O–H groups in total. The highest BCUT2D eigenvalue weighted by Crippen LogP contribution is 2.28. The number of carbonyl (C=O) groups is 1. The number of fused-ring (bicyclic) bond motifs is 1. The molecule has 7 nitrogen and oxygen atoms in total. The van der Waals surface area contributed by atoms with Crippen LogP contribution in [0.3, 0.4) is 0 Å². The monoisotopic (exact) mass is 382 g/mol. The molecular weight excluding hydrogens is 363 g/mol. The van der Waals surface area contributed by atoms with Crippen molar-refractivity contribution in [2.24, 2.45) is 0 Å². The molecule has 0 fully saturated rings. The third kappa shape index (κ3) is 3.46. The highest BCUT2D eigenvalue weighted by Gasteiger charge is 2.28. The maximum atomic E-state index is 13.2. The number of methoxy groups -OCH3 is 1. The molecule has 0 spiro atoms. The fraction of sp³-hybridized carbons (Fsp3) is 0.250. The molecule has 1 aromatic heterocycles. The highest BCUT2D eigenvalue weighted by atomic mass is 19.1. The van der Waals surface area contributed by atoms with Crippen molar-refractivity contribution in [3.8, 4) is 5.75 Å². The molecular formula is C20H19FN4O3. The number of amides is 1. The van der Waals surface area contributed by atoms with Gasteiger partial charge in [-0.15, -0.1) is 5.10 Å². The first-order valence-electron chi connectivity index (χ1n) is 8.80. The summed E-state index contributed by atoms with van der Waals surface area (Å²) in [5.41, 5.74) is 2.97. The molecule has 1 aliphatic rings. The van der Waals surface area contributed by atoms with E-state index in [1.165, 1.54) is 18.2 Å². The topological polar surface area (TPSA) is 78.3 Å². The Morgan fingerprint density at radius 3 is 2.79 bits per heavy atom. The Morgan fingerprint density at radius 1 is 1.29 bits per heavy atom. The van der Waals surface area contributed by atoms with E-state index in [9.17, 15) is 9.18 Å². The van der Waals surface area contributed by atoms with Crippen LogP contribution >= 0.6 is 0 Å². The van der Waals surface area contributed by atoms with Crippen LogP contribution in [0, 0.1) is 12.7 Å². The first kappa shape index (κ1) is 18.1. The van der Waals surface area contributed by atoms with Crippen LogP contribution in [-0.4, -0.2) is 28.0 Å². The summed E-state index contributed by atoms with van der Waals surface area (Å²) in [6.45, 7) is 2.40. The molecule has 2 heterocycles. The smallest absolute Gasteiger partial charge is 0.278 e. The van der Waals surface area contributed by atoms with Crippen molar-refractivity contribution in [3.63, 3.8) is 0 Å². The van der Waals surface area contributed by atoms with Gasteiger partial charge < -0.3 is 14.8 Å². The molecule has 8 heteroatoms. The van der Waals surface area contributed by atoms with Gasteiger partial charge in [0.2, 0.25) is 0 Å². The number of benzene rings is 2. The number of aromatic nitrogens is 3. The van der Waals surface area contributed by atoms with Gasteiger partial charge in [0.15, 0.2) is 5.69 Å². The lowest BCUT2D eigenvalue weighted by Crippen LogP contribution is -2.24. The van der Waals surface area contributed by atoms with E-state index in [-0.39, 0.29) is 24.2 Å². The van der Waals surface area contributed by atoms with Crippen LogP contribution in [-0.2, 0) is 17.9 Å². The van der Waals surface area contributed by atoms with Crippen LogP contribution in [0.5, 0.6) is 5.75 Å². The molecule has 0 saturated heterocycles. The molecule has 2 aromatic carbocycles. The zero-order valence-electron chi connectivity index (χ0n) is 15.5. The molecule has 0 saturated carbocycles. The average Bonchev–Trinajstić information content (AvgIpc) is 3.13. The van der Waals surface area contributed by atoms with E-state index >= 15 is 0 Å². The maximum absolute atomic E-state index is 13.2. The van der Waals surface area contributed by atoms with Crippen molar-refractivity contribution in [1.29, 1.82) is 0 Å². The van der Waals surface area contributed by atoms with E-state index in [2.05, 4.69) is 15.6 Å². The number of hydrogen-bond donors (Lipinski definition) is 1. The lowest BCUT2D eigenvalue weighted by Gasteiger charge is -2.24. The van der Waals surface area contributed by atoms with Gasteiger partial charge in [-0.3, -0.25) is 4.79 Å². The van der Waals surface area contributed by atoms with Gasteiger partial charge in [-0.1, -0.05) is 17.3 Å². The van der Waals surface area contributed by atoms with Crippen molar-refractivity contribution in [2.45, 2.75) is 26.2 Å². The minimum absolute atomic E-state index is 0.185. The van der Waals surface area contributed by atoms with E-state index in [1.54, 1.807) is 18.7 Å². The predicted octanol–water partition coefficient (Wildman–Crippen LogP) is 3.26. The van der Waals surface area contributed by atoms with Gasteiger partial charge >= 0.3 is 0 Å². The third-order valence-electron chi connectivity index (χ3n) is 4.74. The van der Waals surface area contributed by atoms with Crippen LogP contribution in [0.15, 0.2) is 42.5 Å². The summed E-state index contributed by atoms with van der Waals surface area (Å²) in [5.74, 6) is 0.0213. The number of ether oxygens (including phenoxy) is 2. The summed E-state index contributed by atoms with van der Waals surface area (Å²) in [6, 6.07) is 11.8. The minimum Gasteiger partial charge on any atom is -0.497 e. The highest BCUT2D eigenvalue weighted by molar-refractivity contribution is 6.03. The van der Waals surface area contributed by atoms with Crippen LogP contribution < -0.4 is 10.1 Å². The van der Waals surface area contributed by atoms with Gasteiger partial charge in [0.1, 0.15) is 17.7 Å². The van der Waals surface area contributed by atoms with Crippen molar-refractivity contribution in [1.82, 2.24) is 15.0 Å². The molecule has 1 unspecified atom stereocenters. The van der Waals surface area contributed by atoms with Crippen LogP contribution in [0.25, 0.3) is 0 Å². The van der Waals surface area contributed by atoms with E-state index in [0.29, 0.717) is 23.5 Å². The number of hydrogen-bond acceptors (Lipinski definition) is 5. The molecule has 3 aromatic rings. The zero-order chi connectivity index (χ0) is 19.7. The number of nitrogens with one attached hydrogen (secondary N) is 1. The number of anilines is 1. The first-order chi connectivity index (χ1) is 13.5. The SMILES string of the molecule is COc1ccc(C2Cn3nnc(C(=O)Nc4ccc(F)cc4C)c3CO2)cc1. The number of carbonyl (C=O) groups excluding carboxylic acids is 1. The fourth-order valence-electron chi connectivity index (χ4n) is 3.16. The second-order valence-corrected chi connectivity index (χ2v) is 6.55. The molecule has 28 heavy (non-hydrogen) atoms. The van der Waals surface area contributed by atoms with Gasteiger partial charge in [-0.2, -0.15) is 0 Å². The molecule has 0 aliphatic carbocycles. The third-order valence-corrected chi connectivity index (χ3v) is 4.74. The van der Waals surface area contributed by atoms with E-state index in [1.807, 2.05) is 24.3 Å². The Kier molecular flexibility index (Phi) is 4.79. The van der Waals surface area contributed by atoms with Crippen molar-refractivity contribution < 1.29 is 18.7 Å². The standard InChI is InChI=1S/C20H19FN4O3/c1-12-9-14(21)5-8-16(12)22-20(26)19-17-11-28-18(10-25(17)24-23-19)13-3-6-15(27-2)7-4-13/h3-9,18H,10-11H2,1-2H3,(H,22,26). The average molecular weight is 382 g/mol. The Hall–Kier alpha value is -3.26. The Morgan fingerprint density at radius 2 is 2.07 bits per heavy atom. The summed E-state index contributed by atoms with van der Waals surface area (Å²) in [4.78, 5) is 12.6. The lowest BCUT2D eigenvalue weighted by atomic mass is 10.1. The Labute approximate surface area is 161 Å². The molecule has 1 atom stereocenters.